The molecule has 0 atom stereocenters. The van der Waals surface area contributed by atoms with E-state index in [9.17, 15) is 21.6 Å². The Balaban J connectivity index is 1.88. The monoisotopic (exact) mass is 446 g/mol. The zero-order chi connectivity index (χ0) is 22.2. The number of hydrogen-bond acceptors (Lipinski definition) is 4. The van der Waals surface area contributed by atoms with Crippen LogP contribution >= 0.6 is 0 Å². The van der Waals surface area contributed by atoms with Gasteiger partial charge in [0, 0.05) is 18.7 Å². The predicted octanol–water partition coefficient (Wildman–Crippen LogP) is 4.10. The van der Waals surface area contributed by atoms with Gasteiger partial charge in [-0.05, 0) is 42.0 Å². The van der Waals surface area contributed by atoms with Crippen LogP contribution in [0, 0.1) is 17.5 Å². The second-order valence-corrected chi connectivity index (χ2v) is 8.60. The minimum atomic E-state index is -4.29. The molecular formula is C21H17F3N4O2S. The topological polar surface area (TPSA) is 67.6 Å². The summed E-state index contributed by atoms with van der Waals surface area (Å²) in [4.78, 5) is -0.144. The van der Waals surface area contributed by atoms with Crippen LogP contribution in [-0.2, 0) is 23.0 Å². The van der Waals surface area contributed by atoms with Gasteiger partial charge in [0.2, 0.25) is 0 Å². The standard InChI is InChI=1S/C21H17F3N4O2S/c1-2-20-25-26-21-19(4-3-11-27(20)21)31(29,30)28(13-14-5-7-15(22)8-6-14)16-9-10-17(23)18(24)12-16/h3-12H,2,13H2,1H3. The summed E-state index contributed by atoms with van der Waals surface area (Å²) in [6.45, 7) is 1.63. The number of aromatic nitrogens is 3. The van der Waals surface area contributed by atoms with Gasteiger partial charge >= 0.3 is 0 Å². The van der Waals surface area contributed by atoms with Crippen molar-refractivity contribution in [3.05, 3.63) is 89.6 Å². The Labute approximate surface area is 176 Å². The van der Waals surface area contributed by atoms with E-state index >= 15 is 0 Å². The number of nitrogens with zero attached hydrogens (tertiary/aromatic N) is 4. The molecule has 0 saturated heterocycles. The average molecular weight is 446 g/mol. The number of sulfonamides is 1. The van der Waals surface area contributed by atoms with Crippen LogP contribution < -0.4 is 4.31 Å². The van der Waals surface area contributed by atoms with E-state index in [2.05, 4.69) is 10.2 Å². The minimum Gasteiger partial charge on any atom is -0.285 e. The number of halogens is 3. The van der Waals surface area contributed by atoms with Gasteiger partial charge in [-0.2, -0.15) is 0 Å². The lowest BCUT2D eigenvalue weighted by atomic mass is 10.2. The minimum absolute atomic E-state index is 0.0829. The second kappa shape index (κ2) is 8.03. The van der Waals surface area contributed by atoms with Crippen LogP contribution in [0.25, 0.3) is 5.65 Å². The van der Waals surface area contributed by atoms with E-state index in [0.29, 0.717) is 17.8 Å². The van der Waals surface area contributed by atoms with Crippen molar-refractivity contribution in [1.29, 1.82) is 0 Å². The molecular weight excluding hydrogens is 429 g/mol. The van der Waals surface area contributed by atoms with E-state index in [0.717, 1.165) is 16.4 Å². The molecule has 6 nitrogen and oxygen atoms in total. The smallest absolute Gasteiger partial charge is 0.268 e. The summed E-state index contributed by atoms with van der Waals surface area (Å²) < 4.78 is 70.6. The maximum absolute atomic E-state index is 14.0. The summed E-state index contributed by atoms with van der Waals surface area (Å²) in [5.74, 6) is -2.20. The summed E-state index contributed by atoms with van der Waals surface area (Å²) in [5.41, 5.74) is 0.490. The normalized spacial score (nSPS) is 11.7. The molecule has 2 aromatic carbocycles. The molecule has 0 aliphatic carbocycles. The number of fused-ring (bicyclic) bond motifs is 1. The van der Waals surface area contributed by atoms with Gasteiger partial charge < -0.3 is 0 Å². The molecule has 0 fully saturated rings. The third-order valence-corrected chi connectivity index (χ3v) is 6.58. The Morgan fingerprint density at radius 2 is 1.71 bits per heavy atom. The molecule has 31 heavy (non-hydrogen) atoms. The molecule has 0 unspecified atom stereocenters. The van der Waals surface area contributed by atoms with Gasteiger partial charge in [0.05, 0.1) is 12.2 Å². The third-order valence-electron chi connectivity index (χ3n) is 4.78. The highest BCUT2D eigenvalue weighted by Gasteiger charge is 2.29. The van der Waals surface area contributed by atoms with Crippen LogP contribution in [0.3, 0.4) is 0 Å². The van der Waals surface area contributed by atoms with Crippen molar-refractivity contribution in [3.8, 4) is 0 Å². The quantitative estimate of drug-likeness (QED) is 0.447. The summed E-state index contributed by atoms with van der Waals surface area (Å²) in [6.07, 6.45) is 2.18. The predicted molar refractivity (Wildman–Crippen MR) is 108 cm³/mol. The van der Waals surface area contributed by atoms with Crippen LogP contribution in [0.5, 0.6) is 0 Å². The lowest BCUT2D eigenvalue weighted by molar-refractivity contribution is 0.508. The van der Waals surface area contributed by atoms with Gasteiger partial charge in [0.25, 0.3) is 10.0 Å². The summed E-state index contributed by atoms with van der Waals surface area (Å²) in [7, 11) is -4.29. The Morgan fingerprint density at radius 3 is 2.39 bits per heavy atom. The van der Waals surface area contributed by atoms with E-state index in [1.165, 1.54) is 36.4 Å². The van der Waals surface area contributed by atoms with Crippen molar-refractivity contribution in [3.63, 3.8) is 0 Å². The molecule has 4 aromatic rings. The first kappa shape index (κ1) is 20.9. The van der Waals surface area contributed by atoms with E-state index < -0.39 is 27.5 Å². The third kappa shape index (κ3) is 3.86. The van der Waals surface area contributed by atoms with Crippen molar-refractivity contribution in [2.24, 2.45) is 0 Å². The number of pyridine rings is 1. The van der Waals surface area contributed by atoms with Gasteiger partial charge in [-0.1, -0.05) is 19.1 Å². The molecule has 0 spiro atoms. The molecule has 0 bridgehead atoms. The Kier molecular flexibility index (Phi) is 5.40. The lowest BCUT2D eigenvalue weighted by Crippen LogP contribution is -2.31. The summed E-state index contributed by atoms with van der Waals surface area (Å²) >= 11 is 0. The number of benzene rings is 2. The van der Waals surface area contributed by atoms with Crippen LogP contribution in [0.15, 0.2) is 65.7 Å². The fourth-order valence-electron chi connectivity index (χ4n) is 3.21. The zero-order valence-electron chi connectivity index (χ0n) is 16.3. The second-order valence-electron chi connectivity index (χ2n) is 6.77. The van der Waals surface area contributed by atoms with E-state index in [1.54, 1.807) is 16.7 Å². The maximum Gasteiger partial charge on any atom is 0.268 e. The van der Waals surface area contributed by atoms with E-state index in [-0.39, 0.29) is 22.8 Å². The Bertz CT molecular complexity index is 1360. The fourth-order valence-corrected chi connectivity index (χ4v) is 4.78. The van der Waals surface area contributed by atoms with Crippen LogP contribution in [0.1, 0.15) is 18.3 Å². The number of aryl methyl sites for hydroxylation is 1. The van der Waals surface area contributed by atoms with Crippen molar-refractivity contribution in [1.82, 2.24) is 14.6 Å². The number of anilines is 1. The van der Waals surface area contributed by atoms with Crippen molar-refractivity contribution >= 4 is 21.4 Å². The Morgan fingerprint density at radius 1 is 0.968 bits per heavy atom. The number of hydrogen-bond donors (Lipinski definition) is 0. The van der Waals surface area contributed by atoms with E-state index in [1.807, 2.05) is 6.92 Å². The van der Waals surface area contributed by atoms with Gasteiger partial charge in [-0.3, -0.25) is 8.71 Å². The molecule has 0 radical (unpaired) electrons. The SMILES string of the molecule is CCc1nnc2c(S(=O)(=O)N(Cc3ccc(F)cc3)c3ccc(F)c(F)c3)cccn12. The highest BCUT2D eigenvalue weighted by molar-refractivity contribution is 7.93. The first-order chi connectivity index (χ1) is 14.8. The molecule has 160 valence electrons. The van der Waals surface area contributed by atoms with Crippen molar-refractivity contribution in [2.75, 3.05) is 4.31 Å². The highest BCUT2D eigenvalue weighted by Crippen LogP contribution is 2.29. The van der Waals surface area contributed by atoms with Crippen molar-refractivity contribution < 1.29 is 21.6 Å². The molecule has 0 aliphatic heterocycles. The Hall–Kier alpha value is -3.40. The first-order valence-electron chi connectivity index (χ1n) is 9.36. The zero-order valence-corrected chi connectivity index (χ0v) is 17.2. The molecule has 2 aromatic heterocycles. The van der Waals surface area contributed by atoms with E-state index in [4.69, 9.17) is 0 Å². The van der Waals surface area contributed by atoms with Gasteiger partial charge in [-0.15, -0.1) is 10.2 Å². The molecule has 0 saturated carbocycles. The highest BCUT2D eigenvalue weighted by atomic mass is 32.2. The maximum atomic E-state index is 14.0. The van der Waals surface area contributed by atoms with Crippen LogP contribution in [0.4, 0.5) is 18.9 Å². The van der Waals surface area contributed by atoms with Gasteiger partial charge in [0.15, 0.2) is 17.3 Å². The molecule has 0 N–H and O–H groups in total. The number of rotatable bonds is 6. The molecule has 0 amide bonds. The molecule has 2 heterocycles. The molecule has 0 aliphatic rings. The summed E-state index contributed by atoms with van der Waals surface area (Å²) in [5, 5.41) is 8.02. The van der Waals surface area contributed by atoms with Crippen molar-refractivity contribution in [2.45, 2.75) is 24.8 Å². The van der Waals surface area contributed by atoms with Crippen LogP contribution in [0.2, 0.25) is 0 Å². The van der Waals surface area contributed by atoms with Gasteiger partial charge in [0.1, 0.15) is 16.5 Å². The average Bonchev–Trinajstić information content (AvgIpc) is 3.18. The molecule has 10 heteroatoms. The summed E-state index contributed by atoms with van der Waals surface area (Å²) in [6, 6.07) is 11.0. The van der Waals surface area contributed by atoms with Crippen LogP contribution in [-0.4, -0.2) is 23.0 Å². The van der Waals surface area contributed by atoms with Gasteiger partial charge in [-0.25, -0.2) is 21.6 Å². The first-order valence-corrected chi connectivity index (χ1v) is 10.8. The molecule has 4 rings (SSSR count). The lowest BCUT2D eigenvalue weighted by Gasteiger charge is -2.25. The fraction of sp³-hybridized carbons (Fsp3) is 0.143. The largest absolute Gasteiger partial charge is 0.285 e.